The maximum Gasteiger partial charge on any atom is -0.0219 e. The third kappa shape index (κ3) is 14.8. The molecule has 0 aliphatic carbocycles. The van der Waals surface area contributed by atoms with Crippen LogP contribution in [0.4, 0.5) is 0 Å². The number of hydrogen-bond acceptors (Lipinski definition) is 0. The van der Waals surface area contributed by atoms with Crippen molar-refractivity contribution in [3.8, 4) is 0 Å². The average Bonchev–Trinajstić information content (AvgIpc) is 2.63. The lowest BCUT2D eigenvalue weighted by atomic mass is 10.0. The fourth-order valence-electron chi connectivity index (χ4n) is 1.67. The smallest absolute Gasteiger partial charge is 0.0219 e. The van der Waals surface area contributed by atoms with Crippen LogP contribution < -0.4 is 0 Å². The molecular weight excluding hydrogens is 288 g/mol. The molecule has 0 aliphatic rings. The van der Waals surface area contributed by atoms with Gasteiger partial charge >= 0.3 is 0 Å². The molecule has 0 amide bonds. The molecule has 0 saturated carbocycles. The lowest BCUT2D eigenvalue weighted by Crippen LogP contribution is -1.86. The molecule has 2 aromatic rings. The fraction of sp³-hybridized carbons (Fsp3) is 0.333. The van der Waals surface area contributed by atoms with Crippen molar-refractivity contribution in [2.75, 3.05) is 0 Å². The molecule has 0 atom stereocenters. The number of hydrogen-bond donors (Lipinski definition) is 0. The van der Waals surface area contributed by atoms with Crippen LogP contribution in [0.15, 0.2) is 74.8 Å². The number of aryl methyl sites for hydroxylation is 3. The molecule has 0 aliphatic heterocycles. The first kappa shape index (κ1) is 26.8. The molecule has 0 N–H and O–H groups in total. The van der Waals surface area contributed by atoms with Crippen LogP contribution in [0, 0.1) is 20.8 Å². The third-order valence-electron chi connectivity index (χ3n) is 2.93. The van der Waals surface area contributed by atoms with E-state index in [9.17, 15) is 0 Å². The maximum atomic E-state index is 3.00. The summed E-state index contributed by atoms with van der Waals surface area (Å²) < 4.78 is 0. The van der Waals surface area contributed by atoms with Gasteiger partial charge in [-0.15, -0.1) is 26.3 Å². The molecule has 0 aromatic heterocycles. The van der Waals surface area contributed by atoms with E-state index in [1.54, 1.807) is 0 Å². The van der Waals surface area contributed by atoms with Gasteiger partial charge in [-0.25, -0.2) is 0 Å². The Labute approximate surface area is 152 Å². The molecule has 0 bridgehead atoms. The Morgan fingerprint density at radius 2 is 1.00 bits per heavy atom. The summed E-state index contributed by atoms with van der Waals surface area (Å²) in [6, 6.07) is 17.1. The minimum Gasteiger partial charge on any atom is -0.106 e. The average molecular weight is 327 g/mol. The van der Waals surface area contributed by atoms with Crippen molar-refractivity contribution >= 4 is 0 Å². The Bertz CT molecular complexity index is 469. The highest BCUT2D eigenvalue weighted by Crippen LogP contribution is 2.14. The van der Waals surface area contributed by atoms with Gasteiger partial charge in [-0.3, -0.25) is 0 Å². The molecule has 2 rings (SSSR count). The van der Waals surface area contributed by atoms with Crippen LogP contribution >= 0.6 is 0 Å². The Morgan fingerprint density at radius 3 is 1.25 bits per heavy atom. The quantitative estimate of drug-likeness (QED) is 0.465. The molecule has 2 aromatic carbocycles. The molecule has 0 unspecified atom stereocenters. The van der Waals surface area contributed by atoms with Crippen LogP contribution in [0.2, 0.25) is 0 Å². The van der Waals surface area contributed by atoms with Gasteiger partial charge in [-0.2, -0.15) is 0 Å². The van der Waals surface area contributed by atoms with Gasteiger partial charge in [0.25, 0.3) is 0 Å². The molecule has 0 fully saturated rings. The van der Waals surface area contributed by atoms with Crippen LogP contribution in [0.3, 0.4) is 0 Å². The molecule has 0 spiro atoms. The first-order chi connectivity index (χ1) is 11.5. The molecule has 24 heavy (non-hydrogen) atoms. The first-order valence-corrected chi connectivity index (χ1v) is 8.59. The zero-order valence-corrected chi connectivity index (χ0v) is 17.0. The highest BCUT2D eigenvalue weighted by molar-refractivity contribution is 5.24. The molecule has 134 valence electrons. The summed E-state index contributed by atoms with van der Waals surface area (Å²) in [6.07, 6.45) is 0. The van der Waals surface area contributed by atoms with E-state index in [-0.39, 0.29) is 0 Å². The first-order valence-electron chi connectivity index (χ1n) is 8.59. The molecule has 0 nitrogen and oxygen atoms in total. The van der Waals surface area contributed by atoms with Gasteiger partial charge in [0.1, 0.15) is 0 Å². The lowest BCUT2D eigenvalue weighted by Gasteiger charge is -2.04. The van der Waals surface area contributed by atoms with Gasteiger partial charge in [-0.1, -0.05) is 92.9 Å². The van der Waals surface area contributed by atoms with E-state index in [4.69, 9.17) is 0 Å². The van der Waals surface area contributed by atoms with E-state index >= 15 is 0 Å². The second kappa shape index (κ2) is 19.0. The van der Waals surface area contributed by atoms with Crippen molar-refractivity contribution < 1.29 is 0 Å². The largest absolute Gasteiger partial charge is 0.106 e. The predicted molar refractivity (Wildman–Crippen MR) is 115 cm³/mol. The van der Waals surface area contributed by atoms with E-state index in [1.165, 1.54) is 22.3 Å². The van der Waals surface area contributed by atoms with E-state index in [0.29, 0.717) is 5.92 Å². The third-order valence-corrected chi connectivity index (χ3v) is 2.93. The maximum absolute atomic E-state index is 3.00. The summed E-state index contributed by atoms with van der Waals surface area (Å²) in [4.78, 5) is 0. The van der Waals surface area contributed by atoms with Gasteiger partial charge in [-0.05, 0) is 32.3 Å². The van der Waals surface area contributed by atoms with Crippen LogP contribution in [0.25, 0.3) is 0 Å². The van der Waals surface area contributed by atoms with Crippen LogP contribution in [0.5, 0.6) is 0 Å². The second-order valence-corrected chi connectivity index (χ2v) is 5.22. The summed E-state index contributed by atoms with van der Waals surface area (Å²) >= 11 is 0. The van der Waals surface area contributed by atoms with Gasteiger partial charge in [0.15, 0.2) is 0 Å². The zero-order valence-electron chi connectivity index (χ0n) is 17.0. The summed E-state index contributed by atoms with van der Waals surface area (Å²) in [5, 5.41) is 0. The number of benzene rings is 2. The summed E-state index contributed by atoms with van der Waals surface area (Å²) in [6.45, 7) is 26.8. The molecule has 0 radical (unpaired) electrons. The minimum absolute atomic E-state index is 0.653. The van der Waals surface area contributed by atoms with Gasteiger partial charge in [0.05, 0.1) is 0 Å². The van der Waals surface area contributed by atoms with E-state index in [1.807, 2.05) is 13.8 Å². The minimum atomic E-state index is 0.653. The van der Waals surface area contributed by atoms with Crippen LogP contribution in [-0.2, 0) is 0 Å². The van der Waals surface area contributed by atoms with Crippen molar-refractivity contribution in [2.24, 2.45) is 0 Å². The standard InChI is InChI=1S/C10H14.C8H10.C2H6.2C2H4/c1-8(2)10-6-4-5-9(3)7-10;1-7-3-5-8(2)6-4-7;3*1-2/h4-8H,1-3H3;3-6H,1-2H3;1-2H3;2*1-2H2. The van der Waals surface area contributed by atoms with E-state index < -0.39 is 0 Å². The second-order valence-electron chi connectivity index (χ2n) is 5.22. The molecule has 0 heterocycles. The van der Waals surface area contributed by atoms with Crippen molar-refractivity contribution in [1.29, 1.82) is 0 Å². The Morgan fingerprint density at radius 1 is 0.625 bits per heavy atom. The lowest BCUT2D eigenvalue weighted by molar-refractivity contribution is 0.865. The van der Waals surface area contributed by atoms with Crippen molar-refractivity contribution in [2.45, 2.75) is 54.4 Å². The number of rotatable bonds is 1. The van der Waals surface area contributed by atoms with Crippen LogP contribution in [-0.4, -0.2) is 0 Å². The Hall–Kier alpha value is -2.08. The van der Waals surface area contributed by atoms with E-state index in [2.05, 4.69) is 109 Å². The summed E-state index contributed by atoms with van der Waals surface area (Å²) in [5.74, 6) is 0.653. The van der Waals surface area contributed by atoms with Crippen molar-refractivity contribution in [1.82, 2.24) is 0 Å². The zero-order chi connectivity index (χ0) is 19.5. The molecular formula is C24H38. The van der Waals surface area contributed by atoms with Crippen molar-refractivity contribution in [3.05, 3.63) is 97.1 Å². The van der Waals surface area contributed by atoms with E-state index in [0.717, 1.165) is 0 Å². The monoisotopic (exact) mass is 326 g/mol. The molecule has 0 heteroatoms. The van der Waals surface area contributed by atoms with Crippen LogP contribution in [0.1, 0.15) is 55.9 Å². The summed E-state index contributed by atoms with van der Waals surface area (Å²) in [7, 11) is 0. The fourth-order valence-corrected chi connectivity index (χ4v) is 1.67. The molecule has 0 saturated heterocycles. The van der Waals surface area contributed by atoms with Gasteiger partial charge in [0.2, 0.25) is 0 Å². The highest BCUT2D eigenvalue weighted by atomic mass is 14.0. The Kier molecular flexibility index (Phi) is 21.2. The normalized spacial score (nSPS) is 8.00. The Balaban J connectivity index is -0.000000284. The predicted octanol–water partition coefficient (Wildman–Crippen LogP) is 8.05. The van der Waals surface area contributed by atoms with Crippen molar-refractivity contribution in [3.63, 3.8) is 0 Å². The summed E-state index contributed by atoms with van der Waals surface area (Å²) in [5.41, 5.74) is 5.44. The SMILES string of the molecule is C=C.C=C.CC.Cc1ccc(C)cc1.Cc1cccc(C(C)C)c1. The highest BCUT2D eigenvalue weighted by Gasteiger charge is 1.96. The topological polar surface area (TPSA) is 0 Å². The van der Waals surface area contributed by atoms with Gasteiger partial charge < -0.3 is 0 Å². The van der Waals surface area contributed by atoms with Gasteiger partial charge in [0, 0.05) is 0 Å².